The van der Waals surface area contributed by atoms with Gasteiger partial charge in [0, 0.05) is 0 Å². The third-order valence-electron chi connectivity index (χ3n) is 2.34. The molecule has 0 spiro atoms. The van der Waals surface area contributed by atoms with Crippen LogP contribution in [-0.2, 0) is 4.79 Å². The number of nitrogens with one attached hydrogen (secondary N) is 1. The normalized spacial score (nSPS) is 16.5. The zero-order valence-corrected chi connectivity index (χ0v) is 11.4. The fourth-order valence-corrected chi connectivity index (χ4v) is 1.77. The minimum atomic E-state index is -1.22. The molecule has 0 rings (SSSR count). The average molecular weight is 259 g/mol. The Kier molecular flexibility index (Phi) is 7.95. The summed E-state index contributed by atoms with van der Waals surface area (Å²) in [6.07, 6.45) is 4.44. The number of unbranched alkanes of at least 4 members (excludes halogenated alkanes) is 1. The lowest BCUT2D eigenvalue weighted by Crippen LogP contribution is -2.30. The Labute approximate surface area is 107 Å². The van der Waals surface area contributed by atoms with Crippen molar-refractivity contribution in [1.82, 2.24) is 5.32 Å². The third-order valence-corrected chi connectivity index (χ3v) is 3.35. The van der Waals surface area contributed by atoms with E-state index in [-0.39, 0.29) is 6.61 Å². The van der Waals surface area contributed by atoms with E-state index in [1.54, 1.807) is 19.3 Å². The van der Waals surface area contributed by atoms with Gasteiger partial charge in [-0.3, -0.25) is 4.79 Å². The first-order valence-corrected chi connectivity index (χ1v) is 6.43. The van der Waals surface area contributed by atoms with Crippen molar-refractivity contribution in [3.05, 3.63) is 22.1 Å². The largest absolute Gasteiger partial charge is 0.393 e. The molecule has 17 heavy (non-hydrogen) atoms. The van der Waals surface area contributed by atoms with E-state index in [1.165, 1.54) is 11.8 Å². The second-order valence-corrected chi connectivity index (χ2v) is 4.88. The minimum absolute atomic E-state index is 0.328. The number of hydrogen-bond donors (Lipinski definition) is 3. The van der Waals surface area contributed by atoms with Gasteiger partial charge in [0.25, 0.3) is 0 Å². The number of aliphatic hydroxyl groups is 2. The molecule has 1 atom stereocenters. The Hall–Kier alpha value is -0.780. The van der Waals surface area contributed by atoms with Crippen molar-refractivity contribution in [3.8, 4) is 0 Å². The van der Waals surface area contributed by atoms with Crippen molar-refractivity contribution in [2.75, 3.05) is 6.61 Å². The molecule has 3 N–H and O–H groups in total. The lowest BCUT2D eigenvalue weighted by Gasteiger charge is -2.21. The predicted octanol–water partition coefficient (Wildman–Crippen LogP) is 1.75. The zero-order chi connectivity index (χ0) is 13.3. The molecule has 0 aromatic rings. The first kappa shape index (κ1) is 16.2. The molecule has 0 bridgehead atoms. The number of carbonyl (C=O) groups excluding carboxylic acids is 1. The Morgan fingerprint density at radius 2 is 2.18 bits per heavy atom. The number of allylic oxidation sites excluding steroid dienone is 1. The van der Waals surface area contributed by atoms with Crippen LogP contribution in [0, 0.1) is 0 Å². The fraction of sp³-hybridized carbons (Fsp3) is 0.583. The molecule has 0 aromatic heterocycles. The van der Waals surface area contributed by atoms with Gasteiger partial charge in [-0.25, -0.2) is 0 Å². The van der Waals surface area contributed by atoms with E-state index in [0.29, 0.717) is 12.0 Å². The van der Waals surface area contributed by atoms with Crippen LogP contribution in [0.2, 0.25) is 0 Å². The summed E-state index contributed by atoms with van der Waals surface area (Å²) < 4.78 is 0. The summed E-state index contributed by atoms with van der Waals surface area (Å²) in [5.41, 5.74) is -0.565. The van der Waals surface area contributed by atoms with E-state index in [9.17, 15) is 9.90 Å². The molecule has 1 unspecified atom stereocenters. The molecule has 0 saturated carbocycles. The van der Waals surface area contributed by atoms with Crippen molar-refractivity contribution in [3.63, 3.8) is 0 Å². The summed E-state index contributed by atoms with van der Waals surface area (Å²) in [5, 5.41) is 23.8. The van der Waals surface area contributed by atoms with Gasteiger partial charge in [-0.2, -0.15) is 0 Å². The van der Waals surface area contributed by atoms with E-state index >= 15 is 0 Å². The smallest absolute Gasteiger partial charge is 0.211 e. The summed E-state index contributed by atoms with van der Waals surface area (Å²) in [6.45, 7) is 5.01. The summed E-state index contributed by atoms with van der Waals surface area (Å²) in [6, 6.07) is 0. The number of rotatable bonds is 8. The molecule has 4 nitrogen and oxygen atoms in total. The van der Waals surface area contributed by atoms with E-state index in [0.717, 1.165) is 17.9 Å². The molecular formula is C12H21NO3S. The first-order chi connectivity index (χ1) is 7.97. The van der Waals surface area contributed by atoms with Gasteiger partial charge in [-0.1, -0.05) is 31.2 Å². The van der Waals surface area contributed by atoms with Crippen LogP contribution in [-0.4, -0.2) is 28.8 Å². The van der Waals surface area contributed by atoms with Gasteiger partial charge in [0.2, 0.25) is 6.41 Å². The lowest BCUT2D eigenvalue weighted by molar-refractivity contribution is -0.108. The van der Waals surface area contributed by atoms with E-state index in [1.807, 2.05) is 6.08 Å². The molecule has 0 saturated heterocycles. The van der Waals surface area contributed by atoms with E-state index in [4.69, 9.17) is 5.11 Å². The van der Waals surface area contributed by atoms with Crippen molar-refractivity contribution in [1.29, 1.82) is 0 Å². The summed E-state index contributed by atoms with van der Waals surface area (Å²) >= 11 is 1.32. The Morgan fingerprint density at radius 3 is 2.65 bits per heavy atom. The Morgan fingerprint density at radius 1 is 1.53 bits per heavy atom. The van der Waals surface area contributed by atoms with Crippen LogP contribution >= 0.6 is 11.8 Å². The quantitative estimate of drug-likeness (QED) is 0.581. The Balaban J connectivity index is 4.57. The molecule has 0 aliphatic rings. The standard InChI is InChI=1S/C12H21NO3S/c1-4-5-6-11(13-9-15)17-7-10(2)12(3,16)8-14/h6-7,9,14,16H,4-5,8H2,1-3H3,(H,13,15)/b10-7+,11-6+. The SMILES string of the molecule is CCC/C=C(\NC=O)S/C=C(\C)C(C)(O)CO. The van der Waals surface area contributed by atoms with Gasteiger partial charge in [0.15, 0.2) is 0 Å². The average Bonchev–Trinajstić information content (AvgIpc) is 2.32. The molecule has 98 valence electrons. The summed E-state index contributed by atoms with van der Waals surface area (Å²) in [5.74, 6) is 0. The van der Waals surface area contributed by atoms with Gasteiger partial charge in [0.05, 0.1) is 11.6 Å². The molecule has 1 amide bonds. The summed E-state index contributed by atoms with van der Waals surface area (Å²) in [4.78, 5) is 10.4. The molecule has 0 aliphatic carbocycles. The maximum atomic E-state index is 10.4. The second-order valence-electron chi connectivity index (χ2n) is 3.97. The van der Waals surface area contributed by atoms with E-state index in [2.05, 4.69) is 12.2 Å². The van der Waals surface area contributed by atoms with Crippen LogP contribution in [0.15, 0.2) is 22.1 Å². The second kappa shape index (κ2) is 8.33. The molecule has 0 radical (unpaired) electrons. The molecule has 5 heteroatoms. The highest BCUT2D eigenvalue weighted by molar-refractivity contribution is 8.05. The fourth-order valence-electron chi connectivity index (χ4n) is 0.878. The number of carbonyl (C=O) groups is 1. The van der Waals surface area contributed by atoms with Crippen LogP contribution in [0.25, 0.3) is 0 Å². The van der Waals surface area contributed by atoms with Gasteiger partial charge in [0.1, 0.15) is 5.60 Å². The number of amides is 1. The number of thioether (sulfide) groups is 1. The van der Waals surface area contributed by atoms with E-state index < -0.39 is 5.60 Å². The highest BCUT2D eigenvalue weighted by atomic mass is 32.2. The van der Waals surface area contributed by atoms with Crippen LogP contribution in [0.1, 0.15) is 33.6 Å². The number of hydrogen-bond acceptors (Lipinski definition) is 4. The summed E-state index contributed by atoms with van der Waals surface area (Å²) in [7, 11) is 0. The maximum Gasteiger partial charge on any atom is 0.211 e. The highest BCUT2D eigenvalue weighted by Crippen LogP contribution is 2.22. The maximum absolute atomic E-state index is 10.4. The van der Waals surface area contributed by atoms with Crippen LogP contribution in [0.4, 0.5) is 0 Å². The minimum Gasteiger partial charge on any atom is -0.393 e. The van der Waals surface area contributed by atoms with Crippen LogP contribution in [0.5, 0.6) is 0 Å². The molecule has 0 aliphatic heterocycles. The predicted molar refractivity (Wildman–Crippen MR) is 71.2 cm³/mol. The third kappa shape index (κ3) is 6.51. The van der Waals surface area contributed by atoms with Crippen molar-refractivity contribution in [2.45, 2.75) is 39.2 Å². The van der Waals surface area contributed by atoms with Gasteiger partial charge >= 0.3 is 0 Å². The first-order valence-electron chi connectivity index (χ1n) is 5.55. The highest BCUT2D eigenvalue weighted by Gasteiger charge is 2.20. The van der Waals surface area contributed by atoms with Gasteiger partial charge in [-0.05, 0) is 31.2 Å². The van der Waals surface area contributed by atoms with Gasteiger partial charge < -0.3 is 15.5 Å². The lowest BCUT2D eigenvalue weighted by atomic mass is 10.0. The van der Waals surface area contributed by atoms with Gasteiger partial charge in [-0.15, -0.1) is 0 Å². The Bertz CT molecular complexity index is 298. The van der Waals surface area contributed by atoms with Crippen LogP contribution in [0.3, 0.4) is 0 Å². The van der Waals surface area contributed by atoms with Crippen molar-refractivity contribution in [2.24, 2.45) is 0 Å². The molecule has 0 aromatic carbocycles. The number of aliphatic hydroxyl groups excluding tert-OH is 1. The molecule has 0 heterocycles. The molecular weight excluding hydrogens is 238 g/mol. The molecule has 0 fully saturated rings. The van der Waals surface area contributed by atoms with Crippen molar-refractivity contribution < 1.29 is 15.0 Å². The van der Waals surface area contributed by atoms with Crippen LogP contribution < -0.4 is 5.32 Å². The van der Waals surface area contributed by atoms with Crippen molar-refractivity contribution >= 4 is 18.2 Å². The zero-order valence-electron chi connectivity index (χ0n) is 10.6. The topological polar surface area (TPSA) is 69.6 Å². The monoisotopic (exact) mass is 259 g/mol.